The summed E-state index contributed by atoms with van der Waals surface area (Å²) in [5.74, 6) is 0.766. The molecule has 0 radical (unpaired) electrons. The van der Waals surface area contributed by atoms with Crippen LogP contribution in [0.15, 0.2) is 66.7 Å². The second kappa shape index (κ2) is 12.9. The molecular formula is C28H28ClF3N4O3. The number of hydrogen-bond acceptors (Lipinski definition) is 4. The highest BCUT2D eigenvalue weighted by molar-refractivity contribution is 6.31. The lowest BCUT2D eigenvalue weighted by Gasteiger charge is -2.26. The highest BCUT2D eigenvalue weighted by atomic mass is 35.5. The number of alkyl halides is 3. The number of halogens is 4. The van der Waals surface area contributed by atoms with Crippen molar-refractivity contribution in [1.29, 1.82) is 0 Å². The maximum Gasteiger partial charge on any atom is 0.417 e. The van der Waals surface area contributed by atoms with Crippen molar-refractivity contribution < 1.29 is 27.5 Å². The van der Waals surface area contributed by atoms with E-state index in [2.05, 4.69) is 20.9 Å². The molecule has 1 fully saturated rings. The molecule has 0 bridgehead atoms. The Morgan fingerprint density at radius 3 is 2.28 bits per heavy atom. The summed E-state index contributed by atoms with van der Waals surface area (Å²) in [6.07, 6.45) is -0.971. The van der Waals surface area contributed by atoms with Crippen LogP contribution in [0.4, 0.5) is 29.3 Å². The van der Waals surface area contributed by atoms with Gasteiger partial charge in [-0.25, -0.2) is 4.79 Å². The Kier molecular flexibility index (Phi) is 9.32. The smallest absolute Gasteiger partial charge is 0.417 e. The number of hydrogen-bond donors (Lipinski definition) is 3. The first-order valence-corrected chi connectivity index (χ1v) is 12.9. The Hall–Kier alpha value is -3.76. The van der Waals surface area contributed by atoms with Crippen molar-refractivity contribution in [2.45, 2.75) is 25.4 Å². The summed E-state index contributed by atoms with van der Waals surface area (Å²) in [4.78, 5) is 27.2. The van der Waals surface area contributed by atoms with Crippen molar-refractivity contribution in [2.24, 2.45) is 0 Å². The molecule has 3 amide bonds. The zero-order valence-electron chi connectivity index (χ0n) is 21.0. The molecule has 0 atom stereocenters. The minimum atomic E-state index is -4.64. The van der Waals surface area contributed by atoms with E-state index in [-0.39, 0.29) is 11.6 Å². The quantitative estimate of drug-likeness (QED) is 0.277. The zero-order chi connectivity index (χ0) is 27.8. The standard InChI is InChI=1S/C28H28ClF3N4O3/c29-25-12-9-21(18-24(25)28(30,31)32)35-27(38)34-20-7-10-22(11-8-20)39-23-6-4-5-19(17-23)26(37)33-13-16-36-14-2-1-3-15-36/h4-12,17-18H,1-3,13-16H2,(H,33,37)(H2,34,35,38). The molecule has 1 aliphatic rings. The molecule has 11 heteroatoms. The molecule has 0 aromatic heterocycles. The normalized spacial score (nSPS) is 13.9. The number of nitrogens with zero attached hydrogens (tertiary/aromatic N) is 1. The second-order valence-corrected chi connectivity index (χ2v) is 9.49. The predicted octanol–water partition coefficient (Wildman–Crippen LogP) is 7.01. The Morgan fingerprint density at radius 2 is 1.56 bits per heavy atom. The van der Waals surface area contributed by atoms with Gasteiger partial charge in [-0.05, 0) is 86.6 Å². The monoisotopic (exact) mass is 560 g/mol. The Balaban J connectivity index is 1.28. The molecule has 7 nitrogen and oxygen atoms in total. The van der Waals surface area contributed by atoms with Gasteiger partial charge in [0.2, 0.25) is 0 Å². The van der Waals surface area contributed by atoms with E-state index in [0.29, 0.717) is 29.3 Å². The SMILES string of the molecule is O=C(Nc1ccc(Oc2cccc(C(=O)NCCN3CCCCC3)c2)cc1)Nc1ccc(Cl)c(C(F)(F)F)c1. The zero-order valence-corrected chi connectivity index (χ0v) is 21.7. The highest BCUT2D eigenvalue weighted by Crippen LogP contribution is 2.36. The highest BCUT2D eigenvalue weighted by Gasteiger charge is 2.33. The van der Waals surface area contributed by atoms with E-state index >= 15 is 0 Å². The number of carbonyl (C=O) groups excluding carboxylic acids is 2. The fraction of sp³-hybridized carbons (Fsp3) is 0.286. The number of urea groups is 1. The minimum absolute atomic E-state index is 0.0559. The van der Waals surface area contributed by atoms with Gasteiger partial charge in [-0.2, -0.15) is 13.2 Å². The van der Waals surface area contributed by atoms with Crippen LogP contribution in [0.5, 0.6) is 11.5 Å². The van der Waals surface area contributed by atoms with Crippen LogP contribution in [0.1, 0.15) is 35.2 Å². The summed E-state index contributed by atoms with van der Waals surface area (Å²) in [6.45, 7) is 3.55. The van der Waals surface area contributed by atoms with Gasteiger partial charge in [-0.1, -0.05) is 24.1 Å². The average Bonchev–Trinajstić information content (AvgIpc) is 2.91. The van der Waals surface area contributed by atoms with Crippen LogP contribution in [0.3, 0.4) is 0 Å². The molecule has 0 spiro atoms. The fourth-order valence-corrected chi connectivity index (χ4v) is 4.39. The van der Waals surface area contributed by atoms with E-state index in [1.807, 2.05) is 0 Å². The van der Waals surface area contributed by atoms with Crippen molar-refractivity contribution in [1.82, 2.24) is 10.2 Å². The van der Waals surface area contributed by atoms with Crippen LogP contribution in [0.2, 0.25) is 5.02 Å². The largest absolute Gasteiger partial charge is 0.457 e. The topological polar surface area (TPSA) is 82.7 Å². The van der Waals surface area contributed by atoms with Crippen molar-refractivity contribution >= 4 is 34.9 Å². The Labute approximate surface area is 229 Å². The van der Waals surface area contributed by atoms with Gasteiger partial charge < -0.3 is 25.6 Å². The van der Waals surface area contributed by atoms with E-state index in [4.69, 9.17) is 16.3 Å². The molecule has 39 heavy (non-hydrogen) atoms. The maximum absolute atomic E-state index is 13.0. The number of nitrogens with one attached hydrogen (secondary N) is 3. The summed E-state index contributed by atoms with van der Waals surface area (Å²) in [5.41, 5.74) is -0.217. The summed E-state index contributed by atoms with van der Waals surface area (Å²) in [7, 11) is 0. The lowest BCUT2D eigenvalue weighted by atomic mass is 10.1. The molecule has 1 saturated heterocycles. The summed E-state index contributed by atoms with van der Waals surface area (Å²) in [6, 6.07) is 15.6. The number of piperidine rings is 1. The summed E-state index contributed by atoms with van der Waals surface area (Å²) in [5, 5.41) is 7.39. The van der Waals surface area contributed by atoms with Gasteiger partial charge in [-0.15, -0.1) is 0 Å². The molecular weight excluding hydrogens is 533 g/mol. The third kappa shape index (κ3) is 8.36. The van der Waals surface area contributed by atoms with Gasteiger partial charge in [0, 0.05) is 30.0 Å². The van der Waals surface area contributed by atoms with Crippen molar-refractivity contribution in [2.75, 3.05) is 36.8 Å². The van der Waals surface area contributed by atoms with Gasteiger partial charge >= 0.3 is 12.2 Å². The Morgan fingerprint density at radius 1 is 0.872 bits per heavy atom. The van der Waals surface area contributed by atoms with E-state index in [0.717, 1.165) is 31.8 Å². The molecule has 0 aliphatic carbocycles. The van der Waals surface area contributed by atoms with E-state index in [1.165, 1.54) is 25.3 Å². The lowest BCUT2D eigenvalue weighted by molar-refractivity contribution is -0.137. The first kappa shape index (κ1) is 28.3. The molecule has 1 heterocycles. The first-order valence-electron chi connectivity index (χ1n) is 12.5. The fourth-order valence-electron chi connectivity index (χ4n) is 4.17. The number of likely N-dealkylation sites (tertiary alicyclic amines) is 1. The van der Waals surface area contributed by atoms with Crippen molar-refractivity contribution in [3.8, 4) is 11.5 Å². The molecule has 0 unspecified atom stereocenters. The second-order valence-electron chi connectivity index (χ2n) is 9.08. The number of ether oxygens (including phenoxy) is 1. The molecule has 3 N–H and O–H groups in total. The van der Waals surface area contributed by atoms with Crippen LogP contribution >= 0.6 is 11.6 Å². The number of amides is 3. The third-order valence-electron chi connectivity index (χ3n) is 6.14. The molecule has 206 valence electrons. The third-order valence-corrected chi connectivity index (χ3v) is 6.47. The number of anilines is 2. The van der Waals surface area contributed by atoms with Gasteiger partial charge in [0.05, 0.1) is 10.6 Å². The maximum atomic E-state index is 13.0. The van der Waals surface area contributed by atoms with Crippen molar-refractivity contribution in [3.05, 3.63) is 82.9 Å². The van der Waals surface area contributed by atoms with E-state index in [1.54, 1.807) is 48.5 Å². The summed E-state index contributed by atoms with van der Waals surface area (Å²) < 4.78 is 45.0. The number of carbonyl (C=O) groups is 2. The average molecular weight is 561 g/mol. The molecule has 4 rings (SSSR count). The molecule has 1 aliphatic heterocycles. The van der Waals surface area contributed by atoms with Gasteiger partial charge in [0.15, 0.2) is 0 Å². The molecule has 3 aromatic rings. The van der Waals surface area contributed by atoms with Crippen LogP contribution < -0.4 is 20.7 Å². The lowest BCUT2D eigenvalue weighted by Crippen LogP contribution is -2.37. The van der Waals surface area contributed by atoms with Crippen LogP contribution in [-0.2, 0) is 6.18 Å². The van der Waals surface area contributed by atoms with Gasteiger partial charge in [0.1, 0.15) is 11.5 Å². The number of benzene rings is 3. The predicted molar refractivity (Wildman–Crippen MR) is 145 cm³/mol. The first-order chi connectivity index (χ1) is 18.7. The molecule has 3 aromatic carbocycles. The van der Waals surface area contributed by atoms with Gasteiger partial charge in [0.25, 0.3) is 5.91 Å². The number of rotatable bonds is 8. The van der Waals surface area contributed by atoms with Gasteiger partial charge in [-0.3, -0.25) is 4.79 Å². The Bertz CT molecular complexity index is 1300. The van der Waals surface area contributed by atoms with Crippen LogP contribution in [0.25, 0.3) is 0 Å². The summed E-state index contributed by atoms with van der Waals surface area (Å²) >= 11 is 5.61. The minimum Gasteiger partial charge on any atom is -0.457 e. The molecule has 0 saturated carbocycles. The van der Waals surface area contributed by atoms with Crippen LogP contribution in [-0.4, -0.2) is 43.0 Å². The van der Waals surface area contributed by atoms with Crippen molar-refractivity contribution in [3.63, 3.8) is 0 Å². The van der Waals surface area contributed by atoms with E-state index < -0.39 is 22.8 Å². The van der Waals surface area contributed by atoms with Crippen LogP contribution in [0, 0.1) is 0 Å². The van der Waals surface area contributed by atoms with E-state index in [9.17, 15) is 22.8 Å².